The Labute approximate surface area is 130 Å². The zero-order valence-corrected chi connectivity index (χ0v) is 13.6. The van der Waals surface area contributed by atoms with Crippen molar-refractivity contribution in [3.8, 4) is 0 Å². The predicted octanol–water partition coefficient (Wildman–Crippen LogP) is 4.68. The van der Waals surface area contributed by atoms with Gasteiger partial charge in [-0.1, -0.05) is 37.4 Å². The minimum Gasteiger partial charge on any atom is -0.313 e. The SMILES string of the molecule is CCNC(CSC1CCCC1)Cc1ccc(F)c(Cl)c1. The first-order valence-corrected chi connectivity index (χ1v) is 8.90. The lowest BCUT2D eigenvalue weighted by atomic mass is 10.1. The van der Waals surface area contributed by atoms with Crippen molar-refractivity contribution in [2.45, 2.75) is 50.3 Å². The van der Waals surface area contributed by atoms with Gasteiger partial charge in [0.15, 0.2) is 0 Å². The van der Waals surface area contributed by atoms with E-state index in [1.165, 1.54) is 31.7 Å². The van der Waals surface area contributed by atoms with Gasteiger partial charge in [0, 0.05) is 17.0 Å². The van der Waals surface area contributed by atoms with Crippen LogP contribution in [0.5, 0.6) is 0 Å². The van der Waals surface area contributed by atoms with Gasteiger partial charge in [0.05, 0.1) is 5.02 Å². The molecule has 1 fully saturated rings. The summed E-state index contributed by atoms with van der Waals surface area (Å²) in [6.07, 6.45) is 6.42. The molecular weight excluding hydrogens is 293 g/mol. The molecule has 2 rings (SSSR count). The first-order valence-electron chi connectivity index (χ1n) is 7.48. The molecule has 0 radical (unpaired) electrons. The van der Waals surface area contributed by atoms with Gasteiger partial charge in [-0.2, -0.15) is 11.8 Å². The van der Waals surface area contributed by atoms with Crippen LogP contribution in [-0.2, 0) is 6.42 Å². The number of halogens is 2. The molecule has 1 aliphatic rings. The van der Waals surface area contributed by atoms with Gasteiger partial charge < -0.3 is 5.32 Å². The first kappa shape index (κ1) is 16.1. The Kier molecular flexibility index (Phi) is 6.66. The lowest BCUT2D eigenvalue weighted by Crippen LogP contribution is -2.33. The number of likely N-dealkylation sites (N-methyl/N-ethyl adjacent to an activating group) is 1. The molecule has 1 atom stereocenters. The molecule has 112 valence electrons. The Morgan fingerprint density at radius 1 is 1.40 bits per heavy atom. The third-order valence-electron chi connectivity index (χ3n) is 3.79. The van der Waals surface area contributed by atoms with Crippen LogP contribution in [0.2, 0.25) is 5.02 Å². The van der Waals surface area contributed by atoms with E-state index in [0.717, 1.165) is 29.5 Å². The normalized spacial score (nSPS) is 17.6. The van der Waals surface area contributed by atoms with Gasteiger partial charge in [-0.05, 0) is 43.5 Å². The van der Waals surface area contributed by atoms with Crippen LogP contribution in [0, 0.1) is 5.82 Å². The fourth-order valence-electron chi connectivity index (χ4n) is 2.74. The molecule has 0 aromatic heterocycles. The summed E-state index contributed by atoms with van der Waals surface area (Å²) in [6.45, 7) is 3.09. The fraction of sp³-hybridized carbons (Fsp3) is 0.625. The highest BCUT2D eigenvalue weighted by atomic mass is 35.5. The van der Waals surface area contributed by atoms with Crippen molar-refractivity contribution in [2.75, 3.05) is 12.3 Å². The monoisotopic (exact) mass is 315 g/mol. The van der Waals surface area contributed by atoms with Crippen LogP contribution in [0.1, 0.15) is 38.2 Å². The molecular formula is C16H23ClFNS. The van der Waals surface area contributed by atoms with E-state index in [1.807, 2.05) is 6.07 Å². The van der Waals surface area contributed by atoms with Gasteiger partial charge in [-0.3, -0.25) is 0 Å². The average Bonchev–Trinajstić information content (AvgIpc) is 2.94. The molecule has 0 bridgehead atoms. The summed E-state index contributed by atoms with van der Waals surface area (Å²) in [6, 6.07) is 5.49. The van der Waals surface area contributed by atoms with Crippen molar-refractivity contribution in [1.82, 2.24) is 5.32 Å². The van der Waals surface area contributed by atoms with E-state index in [9.17, 15) is 4.39 Å². The summed E-state index contributed by atoms with van der Waals surface area (Å²) in [5.74, 6) is 0.781. The summed E-state index contributed by atoms with van der Waals surface area (Å²) in [4.78, 5) is 0. The van der Waals surface area contributed by atoms with E-state index in [4.69, 9.17) is 11.6 Å². The Hall–Kier alpha value is -0.250. The Balaban J connectivity index is 1.88. The molecule has 0 amide bonds. The topological polar surface area (TPSA) is 12.0 Å². The molecule has 1 N–H and O–H groups in total. The summed E-state index contributed by atoms with van der Waals surface area (Å²) in [7, 11) is 0. The maximum Gasteiger partial charge on any atom is 0.141 e. The van der Waals surface area contributed by atoms with Crippen LogP contribution in [0.15, 0.2) is 18.2 Å². The average molecular weight is 316 g/mol. The summed E-state index contributed by atoms with van der Waals surface area (Å²) < 4.78 is 13.2. The molecule has 20 heavy (non-hydrogen) atoms. The van der Waals surface area contributed by atoms with E-state index in [0.29, 0.717) is 6.04 Å². The van der Waals surface area contributed by atoms with Gasteiger partial charge >= 0.3 is 0 Å². The molecule has 0 aliphatic heterocycles. The minimum atomic E-state index is -0.337. The van der Waals surface area contributed by atoms with Crippen molar-refractivity contribution in [1.29, 1.82) is 0 Å². The lowest BCUT2D eigenvalue weighted by molar-refractivity contribution is 0.570. The quantitative estimate of drug-likeness (QED) is 0.784. The van der Waals surface area contributed by atoms with Crippen LogP contribution in [0.3, 0.4) is 0 Å². The smallest absolute Gasteiger partial charge is 0.141 e. The van der Waals surface area contributed by atoms with E-state index >= 15 is 0 Å². The van der Waals surface area contributed by atoms with Gasteiger partial charge in [-0.15, -0.1) is 0 Å². The third kappa shape index (κ3) is 4.94. The van der Waals surface area contributed by atoms with Crippen LogP contribution in [-0.4, -0.2) is 23.6 Å². The fourth-order valence-corrected chi connectivity index (χ4v) is 4.35. The van der Waals surface area contributed by atoms with Gasteiger partial charge in [0.25, 0.3) is 0 Å². The highest BCUT2D eigenvalue weighted by Crippen LogP contribution is 2.30. The molecule has 1 aliphatic carbocycles. The van der Waals surface area contributed by atoms with Crippen LogP contribution >= 0.6 is 23.4 Å². The zero-order valence-electron chi connectivity index (χ0n) is 12.0. The van der Waals surface area contributed by atoms with Crippen LogP contribution in [0.25, 0.3) is 0 Å². The standard InChI is InChI=1S/C16H23ClFNS/c1-2-19-13(11-20-14-5-3-4-6-14)9-12-7-8-16(18)15(17)10-12/h7-8,10,13-14,19H,2-6,9,11H2,1H3. The molecule has 1 aromatic rings. The molecule has 1 saturated carbocycles. The Bertz CT molecular complexity index is 421. The Morgan fingerprint density at radius 2 is 2.15 bits per heavy atom. The second-order valence-electron chi connectivity index (χ2n) is 5.45. The largest absolute Gasteiger partial charge is 0.313 e. The number of nitrogens with one attached hydrogen (secondary N) is 1. The summed E-state index contributed by atoms with van der Waals surface area (Å²) in [5.41, 5.74) is 1.11. The molecule has 1 unspecified atom stereocenters. The molecule has 1 aromatic carbocycles. The number of rotatable bonds is 7. The second kappa shape index (κ2) is 8.26. The van der Waals surface area contributed by atoms with Crippen LogP contribution in [0.4, 0.5) is 4.39 Å². The molecule has 4 heteroatoms. The highest BCUT2D eigenvalue weighted by Gasteiger charge is 2.18. The molecule has 0 saturated heterocycles. The van der Waals surface area contributed by atoms with E-state index in [2.05, 4.69) is 24.0 Å². The zero-order chi connectivity index (χ0) is 14.4. The van der Waals surface area contributed by atoms with Crippen molar-refractivity contribution in [3.05, 3.63) is 34.6 Å². The Morgan fingerprint density at radius 3 is 2.80 bits per heavy atom. The van der Waals surface area contributed by atoms with Crippen LogP contribution < -0.4 is 5.32 Å². The van der Waals surface area contributed by atoms with Crippen molar-refractivity contribution >= 4 is 23.4 Å². The van der Waals surface area contributed by atoms with E-state index in [1.54, 1.807) is 6.07 Å². The minimum absolute atomic E-state index is 0.223. The number of thioether (sulfide) groups is 1. The molecule has 1 nitrogen and oxygen atoms in total. The molecule has 0 spiro atoms. The van der Waals surface area contributed by atoms with Gasteiger partial charge in [-0.25, -0.2) is 4.39 Å². The van der Waals surface area contributed by atoms with Crippen molar-refractivity contribution in [2.24, 2.45) is 0 Å². The summed E-state index contributed by atoms with van der Waals surface area (Å²) in [5, 5.41) is 4.60. The highest BCUT2D eigenvalue weighted by molar-refractivity contribution is 7.99. The van der Waals surface area contributed by atoms with Crippen molar-refractivity contribution < 1.29 is 4.39 Å². The lowest BCUT2D eigenvalue weighted by Gasteiger charge is -2.20. The van der Waals surface area contributed by atoms with E-state index < -0.39 is 0 Å². The number of hydrogen-bond acceptors (Lipinski definition) is 2. The second-order valence-corrected chi connectivity index (χ2v) is 7.19. The van der Waals surface area contributed by atoms with E-state index in [-0.39, 0.29) is 10.8 Å². The number of benzene rings is 1. The maximum absolute atomic E-state index is 13.2. The third-order valence-corrected chi connectivity index (χ3v) is 5.62. The first-order chi connectivity index (χ1) is 9.69. The number of hydrogen-bond donors (Lipinski definition) is 1. The predicted molar refractivity (Wildman–Crippen MR) is 87.3 cm³/mol. The van der Waals surface area contributed by atoms with Gasteiger partial charge in [0.1, 0.15) is 5.82 Å². The molecule has 0 heterocycles. The van der Waals surface area contributed by atoms with Crippen molar-refractivity contribution in [3.63, 3.8) is 0 Å². The van der Waals surface area contributed by atoms with Gasteiger partial charge in [0.2, 0.25) is 0 Å². The summed E-state index contributed by atoms with van der Waals surface area (Å²) >= 11 is 7.94. The maximum atomic E-state index is 13.2.